The van der Waals surface area contributed by atoms with Crippen molar-refractivity contribution >= 4 is 5.84 Å². The van der Waals surface area contributed by atoms with Crippen molar-refractivity contribution in [3.05, 3.63) is 0 Å². The van der Waals surface area contributed by atoms with Gasteiger partial charge in [0, 0.05) is 0 Å². The Morgan fingerprint density at radius 1 is 1.67 bits per heavy atom. The van der Waals surface area contributed by atoms with Crippen LogP contribution in [0.5, 0.6) is 0 Å². The number of hydrogen-bond donors (Lipinski definition) is 2. The molecule has 0 saturated heterocycles. The molecule has 3 nitrogen and oxygen atoms in total. The SMILES string of the molecule is CCCN(C)CC(=N)N. The Morgan fingerprint density at radius 3 is 2.56 bits per heavy atom. The summed E-state index contributed by atoms with van der Waals surface area (Å²) in [6.45, 7) is 3.71. The minimum Gasteiger partial charge on any atom is -0.387 e. The topological polar surface area (TPSA) is 53.1 Å². The molecule has 0 spiro atoms. The van der Waals surface area contributed by atoms with Gasteiger partial charge in [0.15, 0.2) is 0 Å². The molecule has 0 amide bonds. The predicted molar refractivity (Wildman–Crippen MR) is 39.7 cm³/mol. The van der Waals surface area contributed by atoms with Crippen molar-refractivity contribution in [3.63, 3.8) is 0 Å². The Bertz CT molecular complexity index is 90.3. The van der Waals surface area contributed by atoms with E-state index < -0.39 is 0 Å². The van der Waals surface area contributed by atoms with E-state index in [-0.39, 0.29) is 5.84 Å². The summed E-state index contributed by atoms with van der Waals surface area (Å²) in [5, 5.41) is 6.94. The van der Waals surface area contributed by atoms with E-state index in [0.717, 1.165) is 13.0 Å². The second-order valence-corrected chi connectivity index (χ2v) is 2.26. The zero-order valence-electron chi connectivity index (χ0n) is 6.15. The molecule has 9 heavy (non-hydrogen) atoms. The van der Waals surface area contributed by atoms with Gasteiger partial charge in [-0.1, -0.05) is 6.92 Å². The van der Waals surface area contributed by atoms with Gasteiger partial charge in [-0.2, -0.15) is 0 Å². The molecule has 3 N–H and O–H groups in total. The molecular formula is C6H15N3. The van der Waals surface area contributed by atoms with E-state index in [1.165, 1.54) is 0 Å². The summed E-state index contributed by atoms with van der Waals surface area (Å²) in [7, 11) is 1.96. The predicted octanol–water partition coefficient (Wildman–Crippen LogP) is 0.264. The van der Waals surface area contributed by atoms with Crippen LogP contribution in [-0.2, 0) is 0 Å². The Hall–Kier alpha value is -0.570. The van der Waals surface area contributed by atoms with Crippen molar-refractivity contribution in [2.75, 3.05) is 20.1 Å². The average Bonchev–Trinajstić information content (AvgIpc) is 1.63. The summed E-state index contributed by atoms with van der Waals surface area (Å²) in [5.41, 5.74) is 5.17. The zero-order chi connectivity index (χ0) is 7.28. The van der Waals surface area contributed by atoms with Crippen LogP contribution in [0.3, 0.4) is 0 Å². The van der Waals surface area contributed by atoms with Crippen molar-refractivity contribution in [3.8, 4) is 0 Å². The van der Waals surface area contributed by atoms with Gasteiger partial charge in [0.05, 0.1) is 6.54 Å². The Balaban J connectivity index is 3.26. The van der Waals surface area contributed by atoms with Gasteiger partial charge in [0.2, 0.25) is 0 Å². The first kappa shape index (κ1) is 8.43. The van der Waals surface area contributed by atoms with Gasteiger partial charge in [-0.15, -0.1) is 0 Å². The highest BCUT2D eigenvalue weighted by Gasteiger charge is 1.95. The molecule has 0 rings (SSSR count). The van der Waals surface area contributed by atoms with Crippen molar-refractivity contribution in [1.29, 1.82) is 5.41 Å². The molecule has 0 radical (unpaired) electrons. The highest BCUT2D eigenvalue weighted by molar-refractivity contribution is 5.78. The molecule has 54 valence electrons. The van der Waals surface area contributed by atoms with Gasteiger partial charge >= 0.3 is 0 Å². The first-order chi connectivity index (χ1) is 4.16. The number of rotatable bonds is 4. The van der Waals surface area contributed by atoms with Crippen LogP contribution in [0.4, 0.5) is 0 Å². The van der Waals surface area contributed by atoms with Crippen LogP contribution in [0.15, 0.2) is 0 Å². The largest absolute Gasteiger partial charge is 0.387 e. The van der Waals surface area contributed by atoms with Gasteiger partial charge in [-0.25, -0.2) is 0 Å². The summed E-state index contributed by atoms with van der Waals surface area (Å²) in [6, 6.07) is 0. The molecule has 3 heteroatoms. The van der Waals surface area contributed by atoms with E-state index in [9.17, 15) is 0 Å². The van der Waals surface area contributed by atoms with Crippen LogP contribution in [0.25, 0.3) is 0 Å². The molecule has 0 aliphatic heterocycles. The lowest BCUT2D eigenvalue weighted by Crippen LogP contribution is -2.30. The van der Waals surface area contributed by atoms with Crippen molar-refractivity contribution in [2.24, 2.45) is 5.73 Å². The monoisotopic (exact) mass is 129 g/mol. The lowest BCUT2D eigenvalue weighted by Gasteiger charge is -2.12. The molecule has 0 aromatic carbocycles. The maximum Gasteiger partial charge on any atom is 0.105 e. The number of nitrogens with one attached hydrogen (secondary N) is 1. The molecular weight excluding hydrogens is 114 g/mol. The van der Waals surface area contributed by atoms with E-state index >= 15 is 0 Å². The van der Waals surface area contributed by atoms with Crippen LogP contribution >= 0.6 is 0 Å². The molecule has 0 aromatic rings. The zero-order valence-corrected chi connectivity index (χ0v) is 6.15. The van der Waals surface area contributed by atoms with Crippen LogP contribution in [-0.4, -0.2) is 30.9 Å². The summed E-state index contributed by atoms with van der Waals surface area (Å²) < 4.78 is 0. The highest BCUT2D eigenvalue weighted by Crippen LogP contribution is 1.83. The average molecular weight is 129 g/mol. The fourth-order valence-corrected chi connectivity index (χ4v) is 0.752. The number of nitrogens with zero attached hydrogens (tertiary/aromatic N) is 1. The van der Waals surface area contributed by atoms with E-state index in [0.29, 0.717) is 6.54 Å². The van der Waals surface area contributed by atoms with Crippen LogP contribution in [0.1, 0.15) is 13.3 Å². The summed E-state index contributed by atoms with van der Waals surface area (Å²) >= 11 is 0. The quantitative estimate of drug-likeness (QED) is 0.422. The van der Waals surface area contributed by atoms with Gasteiger partial charge in [0.25, 0.3) is 0 Å². The van der Waals surface area contributed by atoms with E-state index in [2.05, 4.69) is 6.92 Å². The molecule has 0 aliphatic carbocycles. The van der Waals surface area contributed by atoms with Gasteiger partial charge in [-0.3, -0.25) is 10.3 Å². The van der Waals surface area contributed by atoms with Crippen LogP contribution in [0.2, 0.25) is 0 Å². The number of amidine groups is 1. The highest BCUT2D eigenvalue weighted by atomic mass is 15.1. The lowest BCUT2D eigenvalue weighted by molar-refractivity contribution is 0.379. The maximum atomic E-state index is 6.94. The third-order valence-electron chi connectivity index (χ3n) is 1.05. The maximum absolute atomic E-state index is 6.94. The first-order valence-corrected chi connectivity index (χ1v) is 3.18. The fraction of sp³-hybridized carbons (Fsp3) is 0.833. The minimum atomic E-state index is 0.242. The normalized spacial score (nSPS) is 10.1. The fourth-order valence-electron chi connectivity index (χ4n) is 0.752. The Kier molecular flexibility index (Phi) is 4.05. The summed E-state index contributed by atoms with van der Waals surface area (Å²) in [6.07, 6.45) is 1.11. The first-order valence-electron chi connectivity index (χ1n) is 3.18. The molecule has 0 saturated carbocycles. The van der Waals surface area contributed by atoms with Crippen molar-refractivity contribution < 1.29 is 0 Å². The number of likely N-dealkylation sites (N-methyl/N-ethyl adjacent to an activating group) is 1. The van der Waals surface area contributed by atoms with Crippen molar-refractivity contribution in [2.45, 2.75) is 13.3 Å². The molecule has 0 unspecified atom stereocenters. The second kappa shape index (κ2) is 4.32. The standard InChI is InChI=1S/C6H15N3/c1-3-4-9(2)5-6(7)8/h3-5H2,1-2H3,(H3,7,8). The minimum absolute atomic E-state index is 0.242. The smallest absolute Gasteiger partial charge is 0.105 e. The lowest BCUT2D eigenvalue weighted by atomic mass is 10.4. The number of hydrogen-bond acceptors (Lipinski definition) is 2. The third-order valence-corrected chi connectivity index (χ3v) is 1.05. The van der Waals surface area contributed by atoms with Gasteiger partial charge < -0.3 is 5.73 Å². The summed E-state index contributed by atoms with van der Waals surface area (Å²) in [5.74, 6) is 0.242. The molecule has 0 bridgehead atoms. The van der Waals surface area contributed by atoms with Crippen molar-refractivity contribution in [1.82, 2.24) is 4.90 Å². The molecule has 0 aromatic heterocycles. The molecule has 0 heterocycles. The molecule has 0 aliphatic rings. The molecule has 0 fully saturated rings. The van der Waals surface area contributed by atoms with Gasteiger partial charge in [-0.05, 0) is 20.0 Å². The van der Waals surface area contributed by atoms with E-state index in [1.807, 2.05) is 11.9 Å². The van der Waals surface area contributed by atoms with E-state index in [4.69, 9.17) is 11.1 Å². The van der Waals surface area contributed by atoms with E-state index in [1.54, 1.807) is 0 Å². The third kappa shape index (κ3) is 5.30. The number of nitrogens with two attached hydrogens (primary N) is 1. The molecule has 0 atom stereocenters. The summed E-state index contributed by atoms with van der Waals surface area (Å²) in [4.78, 5) is 2.03. The van der Waals surface area contributed by atoms with Crippen LogP contribution in [0, 0.1) is 5.41 Å². The second-order valence-electron chi connectivity index (χ2n) is 2.26. The Morgan fingerprint density at radius 2 is 2.22 bits per heavy atom. The van der Waals surface area contributed by atoms with Crippen LogP contribution < -0.4 is 5.73 Å². The van der Waals surface area contributed by atoms with Gasteiger partial charge in [0.1, 0.15) is 5.84 Å². The Labute approximate surface area is 56.3 Å².